The standard InChI is InChI=1S/C21H23NO4/c1-25-21(24)17(12-15-8-4-2-5-9-15)18-13-20(23)26-14-19(22-18)16-10-6-3-7-11-16/h2-11,17-19,22H,12-14H2,1H3/t17-,18-,19+/m1/s1. The van der Waals surface area contributed by atoms with E-state index in [4.69, 9.17) is 9.47 Å². The summed E-state index contributed by atoms with van der Waals surface area (Å²) in [5.74, 6) is -1.10. The minimum Gasteiger partial charge on any atom is -0.469 e. The van der Waals surface area contributed by atoms with Crippen molar-refractivity contribution in [2.75, 3.05) is 13.7 Å². The van der Waals surface area contributed by atoms with E-state index >= 15 is 0 Å². The Hall–Kier alpha value is -2.66. The Kier molecular flexibility index (Phi) is 6.02. The average Bonchev–Trinajstić information content (AvgIpc) is 2.88. The molecule has 1 fully saturated rings. The number of carbonyl (C=O) groups is 2. The van der Waals surface area contributed by atoms with E-state index in [0.717, 1.165) is 11.1 Å². The quantitative estimate of drug-likeness (QED) is 0.837. The van der Waals surface area contributed by atoms with Gasteiger partial charge in [-0.05, 0) is 17.5 Å². The van der Waals surface area contributed by atoms with Crippen LogP contribution in [0.2, 0.25) is 0 Å². The number of rotatable bonds is 5. The fourth-order valence-electron chi connectivity index (χ4n) is 3.33. The summed E-state index contributed by atoms with van der Waals surface area (Å²) in [6.07, 6.45) is 0.635. The number of hydrogen-bond donors (Lipinski definition) is 1. The summed E-state index contributed by atoms with van der Waals surface area (Å²) in [7, 11) is 1.38. The fraction of sp³-hybridized carbons (Fsp3) is 0.333. The van der Waals surface area contributed by atoms with Gasteiger partial charge in [-0.3, -0.25) is 9.59 Å². The summed E-state index contributed by atoms with van der Waals surface area (Å²) in [4.78, 5) is 24.6. The first-order chi connectivity index (χ1) is 12.7. The molecule has 1 N–H and O–H groups in total. The van der Waals surface area contributed by atoms with Gasteiger partial charge in [-0.1, -0.05) is 60.7 Å². The molecule has 1 saturated heterocycles. The molecule has 0 aromatic heterocycles. The van der Waals surface area contributed by atoms with Gasteiger partial charge in [0, 0.05) is 6.04 Å². The van der Waals surface area contributed by atoms with Gasteiger partial charge in [-0.25, -0.2) is 0 Å². The van der Waals surface area contributed by atoms with Gasteiger partial charge in [0.15, 0.2) is 0 Å². The van der Waals surface area contributed by atoms with Crippen LogP contribution in [0.4, 0.5) is 0 Å². The third-order valence-corrected chi connectivity index (χ3v) is 4.70. The molecule has 2 aromatic rings. The van der Waals surface area contributed by atoms with Crippen LogP contribution in [-0.2, 0) is 25.5 Å². The molecule has 5 heteroatoms. The van der Waals surface area contributed by atoms with Crippen LogP contribution < -0.4 is 5.32 Å². The van der Waals surface area contributed by atoms with Gasteiger partial charge in [0.05, 0.1) is 25.5 Å². The lowest BCUT2D eigenvalue weighted by Gasteiger charge is -2.27. The van der Waals surface area contributed by atoms with Gasteiger partial charge in [0.25, 0.3) is 0 Å². The van der Waals surface area contributed by atoms with Gasteiger partial charge >= 0.3 is 11.9 Å². The van der Waals surface area contributed by atoms with Gasteiger partial charge in [0.2, 0.25) is 0 Å². The highest BCUT2D eigenvalue weighted by atomic mass is 16.5. The molecule has 0 aliphatic carbocycles. The molecule has 2 aromatic carbocycles. The SMILES string of the molecule is COC(=O)[C@H](Cc1ccccc1)[C@H]1CC(=O)OC[C@@H](c2ccccc2)N1. The normalized spacial score (nSPS) is 21.3. The summed E-state index contributed by atoms with van der Waals surface area (Å²) in [5.41, 5.74) is 2.05. The highest BCUT2D eigenvalue weighted by Crippen LogP contribution is 2.24. The summed E-state index contributed by atoms with van der Waals surface area (Å²) in [6, 6.07) is 19.0. The highest BCUT2D eigenvalue weighted by Gasteiger charge is 2.35. The van der Waals surface area contributed by atoms with Crippen LogP contribution in [0.5, 0.6) is 0 Å². The lowest BCUT2D eigenvalue weighted by Crippen LogP contribution is -2.43. The van der Waals surface area contributed by atoms with Crippen molar-refractivity contribution in [3.05, 3.63) is 71.8 Å². The number of esters is 2. The molecule has 26 heavy (non-hydrogen) atoms. The number of hydrogen-bond acceptors (Lipinski definition) is 5. The van der Waals surface area contributed by atoms with E-state index in [1.807, 2.05) is 60.7 Å². The topological polar surface area (TPSA) is 64.6 Å². The van der Waals surface area contributed by atoms with Crippen LogP contribution in [0.25, 0.3) is 0 Å². The molecule has 0 unspecified atom stereocenters. The molecular weight excluding hydrogens is 330 g/mol. The summed E-state index contributed by atoms with van der Waals surface area (Å²) in [6.45, 7) is 0.249. The summed E-state index contributed by atoms with van der Waals surface area (Å²) >= 11 is 0. The van der Waals surface area contributed by atoms with Crippen molar-refractivity contribution < 1.29 is 19.1 Å². The number of ether oxygens (including phenoxy) is 2. The smallest absolute Gasteiger partial charge is 0.310 e. The van der Waals surface area contributed by atoms with E-state index < -0.39 is 5.92 Å². The predicted molar refractivity (Wildman–Crippen MR) is 97.3 cm³/mol. The predicted octanol–water partition coefficient (Wildman–Crippen LogP) is 2.66. The Balaban J connectivity index is 1.85. The Morgan fingerprint density at radius 1 is 1.15 bits per heavy atom. The molecule has 3 atom stereocenters. The zero-order chi connectivity index (χ0) is 18.4. The van der Waals surface area contributed by atoms with Crippen LogP contribution in [0.15, 0.2) is 60.7 Å². The van der Waals surface area contributed by atoms with Crippen molar-refractivity contribution >= 4 is 11.9 Å². The Labute approximate surface area is 153 Å². The van der Waals surface area contributed by atoms with Gasteiger partial charge in [-0.2, -0.15) is 0 Å². The summed E-state index contributed by atoms with van der Waals surface area (Å²) in [5, 5.41) is 3.45. The van der Waals surface area contributed by atoms with E-state index in [2.05, 4.69) is 5.32 Å². The van der Waals surface area contributed by atoms with Gasteiger partial charge < -0.3 is 14.8 Å². The summed E-state index contributed by atoms with van der Waals surface area (Å²) < 4.78 is 10.4. The van der Waals surface area contributed by atoms with Crippen molar-refractivity contribution in [1.82, 2.24) is 5.32 Å². The highest BCUT2D eigenvalue weighted by molar-refractivity contribution is 5.76. The van der Waals surface area contributed by atoms with E-state index in [-0.39, 0.29) is 37.0 Å². The molecule has 0 spiro atoms. The molecule has 1 aliphatic rings. The maximum absolute atomic E-state index is 12.5. The Morgan fingerprint density at radius 3 is 2.46 bits per heavy atom. The largest absolute Gasteiger partial charge is 0.469 e. The molecule has 1 heterocycles. The molecule has 0 bridgehead atoms. The maximum Gasteiger partial charge on any atom is 0.310 e. The molecule has 0 amide bonds. The molecule has 0 radical (unpaired) electrons. The zero-order valence-corrected chi connectivity index (χ0v) is 14.8. The first-order valence-electron chi connectivity index (χ1n) is 8.75. The fourth-order valence-corrected chi connectivity index (χ4v) is 3.33. The second-order valence-corrected chi connectivity index (χ2v) is 6.44. The number of benzene rings is 2. The number of nitrogens with one attached hydrogen (secondary N) is 1. The lowest BCUT2D eigenvalue weighted by atomic mass is 9.89. The number of cyclic esters (lactones) is 1. The van der Waals surface area contributed by atoms with E-state index in [0.29, 0.717) is 6.42 Å². The average molecular weight is 353 g/mol. The van der Waals surface area contributed by atoms with E-state index in [1.165, 1.54) is 7.11 Å². The van der Waals surface area contributed by atoms with E-state index in [9.17, 15) is 9.59 Å². The second-order valence-electron chi connectivity index (χ2n) is 6.44. The van der Waals surface area contributed by atoms with Crippen molar-refractivity contribution in [1.29, 1.82) is 0 Å². The molecule has 3 rings (SSSR count). The first-order valence-corrected chi connectivity index (χ1v) is 8.75. The third kappa shape index (κ3) is 4.49. The maximum atomic E-state index is 12.5. The molecule has 136 valence electrons. The number of methoxy groups -OCH3 is 1. The zero-order valence-electron chi connectivity index (χ0n) is 14.8. The van der Waals surface area contributed by atoms with Crippen LogP contribution in [-0.4, -0.2) is 31.7 Å². The Morgan fingerprint density at radius 2 is 1.81 bits per heavy atom. The monoisotopic (exact) mass is 353 g/mol. The third-order valence-electron chi connectivity index (χ3n) is 4.70. The first kappa shape index (κ1) is 18.1. The van der Waals surface area contributed by atoms with Crippen LogP contribution in [0.1, 0.15) is 23.6 Å². The molecule has 1 aliphatic heterocycles. The van der Waals surface area contributed by atoms with Crippen LogP contribution >= 0.6 is 0 Å². The second kappa shape index (κ2) is 8.63. The van der Waals surface area contributed by atoms with Crippen molar-refractivity contribution in [3.63, 3.8) is 0 Å². The van der Waals surface area contributed by atoms with Gasteiger partial charge in [-0.15, -0.1) is 0 Å². The van der Waals surface area contributed by atoms with Gasteiger partial charge in [0.1, 0.15) is 6.61 Å². The molecule has 5 nitrogen and oxygen atoms in total. The van der Waals surface area contributed by atoms with Crippen LogP contribution in [0, 0.1) is 5.92 Å². The lowest BCUT2D eigenvalue weighted by molar-refractivity contribution is -0.147. The minimum atomic E-state index is -0.473. The number of carbonyl (C=O) groups excluding carboxylic acids is 2. The van der Waals surface area contributed by atoms with Crippen LogP contribution in [0.3, 0.4) is 0 Å². The van der Waals surface area contributed by atoms with Crippen molar-refractivity contribution in [2.45, 2.75) is 24.9 Å². The molecule has 0 saturated carbocycles. The minimum absolute atomic E-state index is 0.135. The Bertz CT molecular complexity index is 732. The van der Waals surface area contributed by atoms with Crippen molar-refractivity contribution in [2.24, 2.45) is 5.92 Å². The molecular formula is C21H23NO4. The van der Waals surface area contributed by atoms with E-state index in [1.54, 1.807) is 0 Å². The van der Waals surface area contributed by atoms with Crippen molar-refractivity contribution in [3.8, 4) is 0 Å².